The van der Waals surface area contributed by atoms with E-state index in [9.17, 15) is 4.79 Å². The van der Waals surface area contributed by atoms with E-state index < -0.39 is 11.7 Å². The third-order valence-electron chi connectivity index (χ3n) is 1.53. The van der Waals surface area contributed by atoms with Crippen LogP contribution >= 0.6 is 11.8 Å². The summed E-state index contributed by atoms with van der Waals surface area (Å²) in [6, 6.07) is 0. The molecule has 5 nitrogen and oxygen atoms in total. The van der Waals surface area contributed by atoms with Gasteiger partial charge in [0.2, 0.25) is 0 Å². The van der Waals surface area contributed by atoms with Crippen molar-refractivity contribution < 1.29 is 14.6 Å². The zero-order chi connectivity index (χ0) is 11.5. The maximum absolute atomic E-state index is 11.3. The van der Waals surface area contributed by atoms with Crippen molar-refractivity contribution in [1.82, 2.24) is 5.32 Å². The molecule has 1 unspecified atom stereocenters. The third kappa shape index (κ3) is 4.53. The molecule has 0 aromatic rings. The molecule has 0 bridgehead atoms. The number of nitrogens with one attached hydrogen (secondary N) is 1. The molecular formula is C9H16N2O3S. The summed E-state index contributed by atoms with van der Waals surface area (Å²) in [5, 5.41) is 12.0. The van der Waals surface area contributed by atoms with Crippen LogP contribution in [0.4, 0.5) is 4.79 Å². The minimum atomic E-state index is -0.510. The molecule has 1 heterocycles. The highest BCUT2D eigenvalue weighted by Crippen LogP contribution is 2.19. The van der Waals surface area contributed by atoms with E-state index in [2.05, 4.69) is 10.3 Å². The van der Waals surface area contributed by atoms with Gasteiger partial charge in [-0.1, -0.05) is 11.8 Å². The first-order chi connectivity index (χ1) is 6.90. The highest BCUT2D eigenvalue weighted by atomic mass is 32.2. The Morgan fingerprint density at radius 1 is 1.73 bits per heavy atom. The molecule has 1 atom stereocenters. The number of alkyl carbamates (subject to hydrolysis) is 1. The van der Waals surface area contributed by atoms with Crippen LogP contribution in [0.25, 0.3) is 0 Å². The van der Waals surface area contributed by atoms with Gasteiger partial charge in [0.1, 0.15) is 5.60 Å². The minimum Gasteiger partial charge on any atom is -0.444 e. The van der Waals surface area contributed by atoms with Gasteiger partial charge in [0.05, 0.1) is 18.4 Å². The number of hydrogen-bond donors (Lipinski definition) is 2. The Hall–Kier alpha value is -0.750. The Morgan fingerprint density at radius 3 is 2.87 bits per heavy atom. The largest absolute Gasteiger partial charge is 0.444 e. The van der Waals surface area contributed by atoms with E-state index in [4.69, 9.17) is 9.84 Å². The summed E-state index contributed by atoms with van der Waals surface area (Å²) < 4.78 is 5.06. The molecule has 0 spiro atoms. The normalized spacial score (nSPS) is 21.1. The lowest BCUT2D eigenvalue weighted by Gasteiger charge is -2.19. The average Bonchev–Trinajstić information content (AvgIpc) is 2.48. The Labute approximate surface area is 93.3 Å². The van der Waals surface area contributed by atoms with E-state index in [0.717, 1.165) is 0 Å². The number of amides is 1. The number of rotatable bonds is 1. The molecule has 15 heavy (non-hydrogen) atoms. The minimum absolute atomic E-state index is 0.0509. The fraction of sp³-hybridized carbons (Fsp3) is 0.778. The van der Waals surface area contributed by atoms with E-state index in [1.165, 1.54) is 11.8 Å². The molecule has 1 rings (SSSR count). The predicted octanol–water partition coefficient (Wildman–Crippen LogP) is 0.975. The van der Waals surface area contributed by atoms with Crippen molar-refractivity contribution in [1.29, 1.82) is 0 Å². The number of carbonyl (C=O) groups excluding carboxylic acids is 1. The lowest BCUT2D eigenvalue weighted by molar-refractivity contribution is 0.0564. The number of amidine groups is 1. The number of nitrogens with zero attached hydrogens (tertiary/aromatic N) is 1. The molecule has 2 N–H and O–H groups in total. The van der Waals surface area contributed by atoms with Gasteiger partial charge in [-0.15, -0.1) is 0 Å². The number of carbonyl (C=O) groups is 1. The van der Waals surface area contributed by atoms with Crippen LogP contribution in [-0.2, 0) is 4.74 Å². The Balaban J connectivity index is 2.34. The molecule has 0 aromatic heterocycles. The molecule has 0 aliphatic carbocycles. The van der Waals surface area contributed by atoms with Crippen molar-refractivity contribution in [2.24, 2.45) is 4.99 Å². The number of aliphatic hydroxyl groups is 1. The van der Waals surface area contributed by atoms with Crippen molar-refractivity contribution in [2.75, 3.05) is 13.2 Å². The second-order valence-electron chi connectivity index (χ2n) is 4.20. The van der Waals surface area contributed by atoms with Gasteiger partial charge in [0.25, 0.3) is 0 Å². The van der Waals surface area contributed by atoms with E-state index in [1.807, 2.05) is 0 Å². The highest BCUT2D eigenvalue weighted by molar-refractivity contribution is 8.14. The first kappa shape index (κ1) is 12.3. The topological polar surface area (TPSA) is 70.9 Å². The monoisotopic (exact) mass is 232 g/mol. The van der Waals surface area contributed by atoms with Crippen molar-refractivity contribution in [3.63, 3.8) is 0 Å². The summed E-state index contributed by atoms with van der Waals surface area (Å²) in [6.45, 7) is 5.99. The number of aliphatic imine (C=N–C) groups is 1. The first-order valence-corrected chi connectivity index (χ1v) is 5.60. The summed E-state index contributed by atoms with van der Waals surface area (Å²) >= 11 is 1.35. The molecule has 0 radical (unpaired) electrons. The Kier molecular flexibility index (Phi) is 3.98. The number of thioether (sulfide) groups is 1. The zero-order valence-corrected chi connectivity index (χ0v) is 9.93. The Morgan fingerprint density at radius 2 is 2.40 bits per heavy atom. The van der Waals surface area contributed by atoms with E-state index >= 15 is 0 Å². The third-order valence-corrected chi connectivity index (χ3v) is 2.61. The molecule has 0 fully saturated rings. The summed E-state index contributed by atoms with van der Waals surface area (Å²) in [7, 11) is 0. The van der Waals surface area contributed by atoms with E-state index in [1.54, 1.807) is 20.8 Å². The maximum atomic E-state index is 11.3. The standard InChI is InChI=1S/C9H16N2O3S/c1-9(2,3)14-8(13)11-7-10-4-6(5-12)15-7/h6,12H,4-5H2,1-3H3,(H,10,11,13). The van der Waals surface area contributed by atoms with Gasteiger partial charge in [-0.2, -0.15) is 0 Å². The molecule has 6 heteroatoms. The second-order valence-corrected chi connectivity index (χ2v) is 5.48. The number of hydrogen-bond acceptors (Lipinski definition) is 5. The van der Waals surface area contributed by atoms with Crippen molar-refractivity contribution in [3.05, 3.63) is 0 Å². The smallest absolute Gasteiger partial charge is 0.413 e. The molecule has 1 aliphatic heterocycles. The van der Waals surface area contributed by atoms with Gasteiger partial charge >= 0.3 is 6.09 Å². The second kappa shape index (κ2) is 4.85. The lowest BCUT2D eigenvalue weighted by atomic mass is 10.2. The van der Waals surface area contributed by atoms with Crippen LogP contribution in [0.2, 0.25) is 0 Å². The van der Waals surface area contributed by atoms with Crippen molar-refractivity contribution in [3.8, 4) is 0 Å². The van der Waals surface area contributed by atoms with Crippen LogP contribution in [-0.4, -0.2) is 40.4 Å². The van der Waals surface area contributed by atoms with Gasteiger partial charge in [-0.25, -0.2) is 4.79 Å². The van der Waals surface area contributed by atoms with Gasteiger partial charge in [0, 0.05) is 0 Å². The molecular weight excluding hydrogens is 216 g/mol. The van der Waals surface area contributed by atoms with Crippen LogP contribution in [0.15, 0.2) is 4.99 Å². The number of ether oxygens (including phenoxy) is 1. The van der Waals surface area contributed by atoms with Crippen LogP contribution in [0, 0.1) is 0 Å². The summed E-state index contributed by atoms with van der Waals surface area (Å²) in [5.41, 5.74) is -0.510. The predicted molar refractivity (Wildman–Crippen MR) is 60.1 cm³/mol. The van der Waals surface area contributed by atoms with Gasteiger partial charge in [-0.3, -0.25) is 10.3 Å². The summed E-state index contributed by atoms with van der Waals surface area (Å²) in [5.74, 6) is 0. The van der Waals surface area contributed by atoms with Gasteiger partial charge in [-0.05, 0) is 20.8 Å². The van der Waals surface area contributed by atoms with Crippen LogP contribution in [0.1, 0.15) is 20.8 Å². The van der Waals surface area contributed by atoms with Crippen LogP contribution in [0.3, 0.4) is 0 Å². The van der Waals surface area contributed by atoms with Crippen molar-refractivity contribution in [2.45, 2.75) is 31.6 Å². The molecule has 0 aromatic carbocycles. The fourth-order valence-corrected chi connectivity index (χ4v) is 1.80. The number of aliphatic hydroxyl groups excluding tert-OH is 1. The van der Waals surface area contributed by atoms with Gasteiger partial charge in [0.15, 0.2) is 5.17 Å². The Bertz CT molecular complexity index is 273. The SMILES string of the molecule is CC(C)(C)OC(=O)NC1=NCC(CO)S1. The first-order valence-electron chi connectivity index (χ1n) is 4.72. The molecule has 0 saturated heterocycles. The molecule has 1 aliphatic rings. The summed E-state index contributed by atoms with van der Waals surface area (Å²) in [4.78, 5) is 15.4. The molecule has 86 valence electrons. The van der Waals surface area contributed by atoms with E-state index in [-0.39, 0.29) is 11.9 Å². The van der Waals surface area contributed by atoms with Gasteiger partial charge < -0.3 is 9.84 Å². The maximum Gasteiger partial charge on any atom is 0.413 e. The highest BCUT2D eigenvalue weighted by Gasteiger charge is 2.22. The van der Waals surface area contributed by atoms with Crippen molar-refractivity contribution >= 4 is 23.0 Å². The fourth-order valence-electron chi connectivity index (χ4n) is 0.972. The van der Waals surface area contributed by atoms with E-state index in [0.29, 0.717) is 11.7 Å². The molecule has 0 saturated carbocycles. The molecule has 1 amide bonds. The summed E-state index contributed by atoms with van der Waals surface area (Å²) in [6.07, 6.45) is -0.507. The van der Waals surface area contributed by atoms with Crippen LogP contribution < -0.4 is 5.32 Å². The quantitative estimate of drug-likeness (QED) is 0.707. The van der Waals surface area contributed by atoms with Crippen LogP contribution in [0.5, 0.6) is 0 Å². The average molecular weight is 232 g/mol. The zero-order valence-electron chi connectivity index (χ0n) is 9.11. The lowest BCUT2D eigenvalue weighted by Crippen LogP contribution is -2.34.